The molecule has 0 aromatic heterocycles. The van der Waals surface area contributed by atoms with Crippen LogP contribution in [-0.4, -0.2) is 101 Å². The fourth-order valence-electron chi connectivity index (χ4n) is 6.92. The molecule has 4 N–H and O–H groups in total. The third kappa shape index (κ3) is 8.60. The average molecular weight is 755 g/mol. The number of hydrogen-bond donors (Lipinski definition) is 4. The summed E-state index contributed by atoms with van der Waals surface area (Å²) in [6, 6.07) is 15.5. The van der Waals surface area contributed by atoms with Gasteiger partial charge in [0.15, 0.2) is 0 Å². The Hall–Kier alpha value is -5.88. The van der Waals surface area contributed by atoms with Gasteiger partial charge in [-0.2, -0.15) is 0 Å². The number of carbonyl (C=O) groups excluding carboxylic acids is 2. The summed E-state index contributed by atoms with van der Waals surface area (Å²) in [5, 5.41) is 40.1. The molecule has 14 nitrogen and oxygen atoms in total. The van der Waals surface area contributed by atoms with Crippen LogP contribution in [0.5, 0.6) is 23.0 Å². The van der Waals surface area contributed by atoms with Gasteiger partial charge in [-0.1, -0.05) is 18.1 Å². The summed E-state index contributed by atoms with van der Waals surface area (Å²) in [5.41, 5.74) is 4.22. The predicted octanol–water partition coefficient (Wildman–Crippen LogP) is 3.69. The molecule has 55 heavy (non-hydrogen) atoms. The molecule has 0 saturated heterocycles. The monoisotopic (exact) mass is 754 g/mol. The smallest absolute Gasteiger partial charge is 0.309 e. The molecule has 0 spiro atoms. The lowest BCUT2D eigenvalue weighted by Crippen LogP contribution is -2.57. The molecule has 3 aliphatic rings. The largest absolute Gasteiger partial charge is 0.497 e. The van der Waals surface area contributed by atoms with Crippen molar-refractivity contribution >= 4 is 35.3 Å². The van der Waals surface area contributed by atoms with E-state index >= 15 is 0 Å². The maximum Gasteiger partial charge on any atom is 0.309 e. The fraction of sp³-hybridized carbons (Fsp3) is 0.366. The van der Waals surface area contributed by atoms with Crippen molar-refractivity contribution in [2.24, 2.45) is 10.9 Å². The number of fused-ring (bicyclic) bond motifs is 2. The average Bonchev–Trinajstić information content (AvgIpc) is 3.58. The highest BCUT2D eigenvalue weighted by Crippen LogP contribution is 2.38. The number of hydrogen-bond acceptors (Lipinski definition) is 12. The van der Waals surface area contributed by atoms with Crippen LogP contribution in [0, 0.1) is 18.3 Å². The molecule has 6 rings (SSSR count). The molecule has 0 bridgehead atoms. The molecular weight excluding hydrogens is 712 g/mol. The molecular formula is C41H42N2O12. The molecule has 2 heterocycles. The Morgan fingerprint density at radius 1 is 0.945 bits per heavy atom. The number of aliphatic imine (C=N–C) groups is 1. The number of rotatable bonds is 14. The highest BCUT2D eigenvalue weighted by Gasteiger charge is 2.47. The van der Waals surface area contributed by atoms with Gasteiger partial charge in [0, 0.05) is 43.3 Å². The summed E-state index contributed by atoms with van der Waals surface area (Å²) in [6.07, 6.45) is 4.31. The number of terminal acetylenes is 1. The first-order valence-corrected chi connectivity index (χ1v) is 17.7. The van der Waals surface area contributed by atoms with E-state index in [1.165, 1.54) is 19.2 Å². The van der Waals surface area contributed by atoms with Gasteiger partial charge in [-0.15, -0.1) is 6.42 Å². The molecule has 0 radical (unpaired) electrons. The van der Waals surface area contributed by atoms with Crippen molar-refractivity contribution in [2.45, 2.75) is 69.2 Å². The van der Waals surface area contributed by atoms with E-state index in [9.17, 15) is 34.8 Å². The number of carboxylic acid groups (broad SMARTS) is 1. The van der Waals surface area contributed by atoms with Gasteiger partial charge in [0.2, 0.25) is 0 Å². The van der Waals surface area contributed by atoms with E-state index < -0.39 is 42.3 Å². The minimum Gasteiger partial charge on any atom is -0.497 e. The first-order chi connectivity index (χ1) is 26.5. The Morgan fingerprint density at radius 3 is 2.42 bits per heavy atom. The topological polar surface area (TPSA) is 194 Å². The van der Waals surface area contributed by atoms with E-state index in [1.54, 1.807) is 30.4 Å². The number of aliphatic carboxylic acids is 1. The number of amides is 1. The van der Waals surface area contributed by atoms with E-state index in [2.05, 4.69) is 10.9 Å². The number of benzene rings is 3. The lowest BCUT2D eigenvalue weighted by atomic mass is 9.81. The molecule has 1 saturated carbocycles. The number of nitrogens with zero attached hydrogens (tertiary/aromatic N) is 2. The van der Waals surface area contributed by atoms with Gasteiger partial charge >= 0.3 is 11.9 Å². The lowest BCUT2D eigenvalue weighted by Gasteiger charge is -2.38. The van der Waals surface area contributed by atoms with Crippen molar-refractivity contribution in [3.63, 3.8) is 0 Å². The van der Waals surface area contributed by atoms with Crippen molar-refractivity contribution in [1.29, 1.82) is 0 Å². The second-order valence-corrected chi connectivity index (χ2v) is 13.4. The normalized spacial score (nSPS) is 22.7. The van der Waals surface area contributed by atoms with Crippen LogP contribution in [-0.2, 0) is 27.4 Å². The maximum absolute atomic E-state index is 13.7. The van der Waals surface area contributed by atoms with Gasteiger partial charge in [-0.05, 0) is 65.9 Å². The third-order valence-electron chi connectivity index (χ3n) is 9.94. The number of ether oxygens (including phenoxy) is 5. The van der Waals surface area contributed by atoms with Crippen molar-refractivity contribution in [1.82, 2.24) is 4.90 Å². The van der Waals surface area contributed by atoms with Crippen LogP contribution in [0.4, 0.5) is 5.69 Å². The van der Waals surface area contributed by atoms with E-state index in [0.29, 0.717) is 41.8 Å². The van der Waals surface area contributed by atoms with Crippen LogP contribution in [0.25, 0.3) is 5.57 Å². The first kappa shape index (κ1) is 38.8. The van der Waals surface area contributed by atoms with Crippen LogP contribution in [0.3, 0.4) is 0 Å². The predicted molar refractivity (Wildman–Crippen MR) is 198 cm³/mol. The number of esters is 1. The number of carbonyl (C=O) groups is 3. The number of aryl methyl sites for hydroxylation is 1. The number of aliphatic hydroxyl groups excluding tert-OH is 3. The van der Waals surface area contributed by atoms with Gasteiger partial charge in [0.25, 0.3) is 5.91 Å². The summed E-state index contributed by atoms with van der Waals surface area (Å²) < 4.78 is 27.9. The second-order valence-electron chi connectivity index (χ2n) is 13.4. The van der Waals surface area contributed by atoms with E-state index in [1.807, 2.05) is 36.5 Å². The maximum atomic E-state index is 13.7. The number of carboxylic acids is 1. The zero-order chi connectivity index (χ0) is 39.2. The summed E-state index contributed by atoms with van der Waals surface area (Å²) in [6.45, 7) is -0.261. The van der Waals surface area contributed by atoms with Gasteiger partial charge in [-0.3, -0.25) is 19.4 Å². The Labute approximate surface area is 317 Å². The second kappa shape index (κ2) is 17.1. The van der Waals surface area contributed by atoms with Gasteiger partial charge in [0.05, 0.1) is 43.5 Å². The summed E-state index contributed by atoms with van der Waals surface area (Å²) in [7, 11) is 3.14. The zero-order valence-corrected chi connectivity index (χ0v) is 30.3. The molecule has 288 valence electrons. The molecule has 1 aliphatic carbocycles. The Balaban J connectivity index is 1.06. The van der Waals surface area contributed by atoms with E-state index in [0.717, 1.165) is 22.4 Å². The highest BCUT2D eigenvalue weighted by molar-refractivity contribution is 6.05. The van der Waals surface area contributed by atoms with Crippen LogP contribution >= 0.6 is 0 Å². The Morgan fingerprint density at radius 2 is 1.71 bits per heavy atom. The molecule has 2 aliphatic heterocycles. The van der Waals surface area contributed by atoms with Crippen LogP contribution in [0.2, 0.25) is 0 Å². The third-order valence-corrected chi connectivity index (χ3v) is 9.94. The van der Waals surface area contributed by atoms with E-state index in [-0.39, 0.29) is 49.5 Å². The fourth-order valence-corrected chi connectivity index (χ4v) is 6.92. The quantitative estimate of drug-likeness (QED) is 0.138. The molecule has 6 atom stereocenters. The number of methoxy groups -OCH3 is 2. The summed E-state index contributed by atoms with van der Waals surface area (Å²) >= 11 is 0. The van der Waals surface area contributed by atoms with Crippen molar-refractivity contribution in [3.8, 4) is 35.3 Å². The minimum absolute atomic E-state index is 0.0808. The molecule has 3 aromatic rings. The van der Waals surface area contributed by atoms with Gasteiger partial charge in [-0.25, -0.2) is 0 Å². The van der Waals surface area contributed by atoms with Gasteiger partial charge in [0.1, 0.15) is 54.5 Å². The van der Waals surface area contributed by atoms with Crippen molar-refractivity contribution in [3.05, 3.63) is 83.1 Å². The standard InChI is InChI=1S/C41H42N2O12/c1-4-14-53-34-17-29(55-35-19-31(41(49)50)37(45)39(47)38(35)46)13-10-25(34)22-54-36(44)7-5-6-24-16-32-30(18-33(24)52-3)40(48)43-21-26(15-27(43)20-42-32)23-8-11-28(51-2)12-9-23/h1,8-13,16-18,20-21,27,31,35,37-39,45-47H,5-7,14-15,19,22H2,2-3H3,(H,49,50)/t27?,31-,35+,37+,38-,39-/m0/s1. The van der Waals surface area contributed by atoms with Crippen LogP contribution in [0.1, 0.15) is 52.7 Å². The van der Waals surface area contributed by atoms with Crippen molar-refractivity contribution in [2.75, 3.05) is 20.8 Å². The molecule has 1 fully saturated rings. The Bertz CT molecular complexity index is 2020. The Kier molecular flexibility index (Phi) is 12.1. The summed E-state index contributed by atoms with van der Waals surface area (Å²) in [5.74, 6) is 0.712. The molecule has 14 heteroatoms. The highest BCUT2D eigenvalue weighted by atomic mass is 16.5. The molecule has 3 aromatic carbocycles. The van der Waals surface area contributed by atoms with Crippen LogP contribution in [0.15, 0.2) is 65.8 Å². The van der Waals surface area contributed by atoms with Crippen molar-refractivity contribution < 1.29 is 58.5 Å². The zero-order valence-electron chi connectivity index (χ0n) is 30.3. The van der Waals surface area contributed by atoms with Gasteiger partial charge < -0.3 is 49.0 Å². The molecule has 1 unspecified atom stereocenters. The summed E-state index contributed by atoms with van der Waals surface area (Å²) in [4.78, 5) is 44.5. The minimum atomic E-state index is -1.72. The molecule has 1 amide bonds. The number of aliphatic hydroxyl groups is 3. The SMILES string of the molecule is C#CCOc1cc(O[C@@H]2C[C@H](C(=O)O)[C@@H](O)[C@H](O)[C@H]2O)ccc1COC(=O)CCCc1cc2c(cc1OC)C(=O)N1C=C(c3ccc(OC)cc3)CC1C=N2. The first-order valence-electron chi connectivity index (χ1n) is 17.7. The lowest BCUT2D eigenvalue weighted by molar-refractivity contribution is -0.174. The van der Waals surface area contributed by atoms with E-state index in [4.69, 9.17) is 30.1 Å². The van der Waals surface area contributed by atoms with Crippen LogP contribution < -0.4 is 18.9 Å².